The van der Waals surface area contributed by atoms with Crippen LogP contribution in [0.2, 0.25) is 0 Å². The number of hydrazine groups is 2. The highest BCUT2D eigenvalue weighted by molar-refractivity contribution is 6.11. The summed E-state index contributed by atoms with van der Waals surface area (Å²) in [4.78, 5) is 24.8. The Bertz CT molecular complexity index is 447. The first-order chi connectivity index (χ1) is 9.13. The quantitative estimate of drug-likeness (QED) is 0.179. The van der Waals surface area contributed by atoms with E-state index in [9.17, 15) is 9.59 Å². The maximum absolute atomic E-state index is 12.4. The molecule has 1 fully saturated rings. The number of nitrogens with one attached hydrogen (secondary N) is 2. The zero-order chi connectivity index (χ0) is 13.7. The summed E-state index contributed by atoms with van der Waals surface area (Å²) in [6, 6.07) is 0. The van der Waals surface area contributed by atoms with Crippen molar-refractivity contribution >= 4 is 11.8 Å². The van der Waals surface area contributed by atoms with E-state index in [1.165, 1.54) is 0 Å². The predicted octanol–water partition coefficient (Wildman–Crippen LogP) is -0.361. The first-order valence-electron chi connectivity index (χ1n) is 6.45. The SMILES string of the molecule is NNC(=O)C1(C(=O)NN)C23CC=CCC21CC=CC3. The first-order valence-corrected chi connectivity index (χ1v) is 6.45. The number of hydrogen-bond donors (Lipinski definition) is 4. The molecule has 6 nitrogen and oxygen atoms in total. The van der Waals surface area contributed by atoms with Crippen molar-refractivity contribution in [2.24, 2.45) is 27.9 Å². The number of allylic oxidation sites excluding steroid dienone is 4. The third-order valence-corrected chi connectivity index (χ3v) is 5.43. The van der Waals surface area contributed by atoms with E-state index in [0.717, 1.165) is 0 Å². The van der Waals surface area contributed by atoms with Gasteiger partial charge in [-0.15, -0.1) is 0 Å². The topological polar surface area (TPSA) is 110 Å². The summed E-state index contributed by atoms with van der Waals surface area (Å²) in [6.45, 7) is 0. The fourth-order valence-electron chi connectivity index (χ4n) is 4.73. The molecule has 0 aromatic carbocycles. The molecule has 3 rings (SSSR count). The lowest BCUT2D eigenvalue weighted by Gasteiger charge is -2.27. The van der Waals surface area contributed by atoms with Crippen LogP contribution in [0.15, 0.2) is 24.3 Å². The number of carbonyl (C=O) groups is 2. The highest BCUT2D eigenvalue weighted by Gasteiger charge is 2.91. The molecule has 6 N–H and O–H groups in total. The molecular weight excluding hydrogens is 244 g/mol. The second kappa shape index (κ2) is 3.68. The summed E-state index contributed by atoms with van der Waals surface area (Å²) in [5.41, 5.74) is 2.44. The fraction of sp³-hybridized carbons (Fsp3) is 0.538. The summed E-state index contributed by atoms with van der Waals surface area (Å²) in [7, 11) is 0. The van der Waals surface area contributed by atoms with Crippen LogP contribution < -0.4 is 22.5 Å². The van der Waals surface area contributed by atoms with Crippen LogP contribution in [0.5, 0.6) is 0 Å². The van der Waals surface area contributed by atoms with Crippen LogP contribution in [0, 0.1) is 16.2 Å². The Morgan fingerprint density at radius 3 is 1.37 bits per heavy atom. The lowest BCUT2D eigenvalue weighted by Crippen LogP contribution is -2.51. The Morgan fingerprint density at radius 1 is 0.789 bits per heavy atom. The van der Waals surface area contributed by atoms with Gasteiger partial charge in [-0.2, -0.15) is 0 Å². The number of carbonyl (C=O) groups excluding carboxylic acids is 2. The van der Waals surface area contributed by atoms with E-state index in [-0.39, 0.29) is 10.8 Å². The lowest BCUT2D eigenvalue weighted by atomic mass is 9.76. The van der Waals surface area contributed by atoms with Gasteiger partial charge in [0, 0.05) is 10.8 Å². The molecule has 102 valence electrons. The van der Waals surface area contributed by atoms with E-state index in [4.69, 9.17) is 11.7 Å². The van der Waals surface area contributed by atoms with Crippen molar-refractivity contribution in [1.82, 2.24) is 10.9 Å². The van der Waals surface area contributed by atoms with Crippen molar-refractivity contribution in [2.45, 2.75) is 25.7 Å². The molecule has 1 saturated carbocycles. The molecule has 19 heavy (non-hydrogen) atoms. The molecule has 0 heterocycles. The van der Waals surface area contributed by atoms with Crippen molar-refractivity contribution in [3.63, 3.8) is 0 Å². The van der Waals surface area contributed by atoms with Crippen molar-refractivity contribution in [1.29, 1.82) is 0 Å². The molecule has 3 aliphatic carbocycles. The van der Waals surface area contributed by atoms with Crippen LogP contribution >= 0.6 is 0 Å². The van der Waals surface area contributed by atoms with Gasteiger partial charge in [0.05, 0.1) is 0 Å². The summed E-state index contributed by atoms with van der Waals surface area (Å²) >= 11 is 0. The van der Waals surface area contributed by atoms with Crippen LogP contribution in [-0.2, 0) is 9.59 Å². The third-order valence-electron chi connectivity index (χ3n) is 5.43. The summed E-state index contributed by atoms with van der Waals surface area (Å²) in [5, 5.41) is 0. The van der Waals surface area contributed by atoms with Gasteiger partial charge in [0.15, 0.2) is 0 Å². The molecule has 6 heteroatoms. The molecule has 3 aliphatic rings. The van der Waals surface area contributed by atoms with Crippen LogP contribution in [0.3, 0.4) is 0 Å². The minimum absolute atomic E-state index is 0.379. The molecular formula is C13H18N4O2. The molecule has 0 radical (unpaired) electrons. The van der Waals surface area contributed by atoms with E-state index in [1.54, 1.807) is 0 Å². The number of amides is 2. The monoisotopic (exact) mass is 262 g/mol. The lowest BCUT2D eigenvalue weighted by molar-refractivity contribution is -0.140. The molecule has 0 bridgehead atoms. The molecule has 0 atom stereocenters. The molecule has 0 aliphatic heterocycles. The Balaban J connectivity index is 2.18. The largest absolute Gasteiger partial charge is 0.293 e. The van der Waals surface area contributed by atoms with Gasteiger partial charge >= 0.3 is 0 Å². The van der Waals surface area contributed by atoms with Crippen LogP contribution in [0.4, 0.5) is 0 Å². The number of hydrogen-bond acceptors (Lipinski definition) is 4. The average molecular weight is 262 g/mol. The van der Waals surface area contributed by atoms with E-state index >= 15 is 0 Å². The van der Waals surface area contributed by atoms with Crippen molar-refractivity contribution < 1.29 is 9.59 Å². The summed E-state index contributed by atoms with van der Waals surface area (Å²) in [6.07, 6.45) is 11.0. The smallest absolute Gasteiger partial charge is 0.250 e. The second-order valence-electron chi connectivity index (χ2n) is 5.62. The summed E-state index contributed by atoms with van der Waals surface area (Å²) < 4.78 is 0. The Morgan fingerprint density at radius 2 is 1.11 bits per heavy atom. The Hall–Kier alpha value is -1.66. The highest BCUT2D eigenvalue weighted by atomic mass is 16.2. The normalized spacial score (nSPS) is 36.9. The van der Waals surface area contributed by atoms with Crippen LogP contribution in [0.25, 0.3) is 0 Å². The van der Waals surface area contributed by atoms with Gasteiger partial charge in [-0.05, 0) is 25.7 Å². The minimum Gasteiger partial charge on any atom is -0.293 e. The highest BCUT2D eigenvalue weighted by Crippen LogP contribution is 2.86. The predicted molar refractivity (Wildman–Crippen MR) is 68.7 cm³/mol. The van der Waals surface area contributed by atoms with E-state index in [1.807, 2.05) is 24.3 Å². The van der Waals surface area contributed by atoms with Gasteiger partial charge < -0.3 is 0 Å². The number of rotatable bonds is 2. The van der Waals surface area contributed by atoms with E-state index in [0.29, 0.717) is 25.7 Å². The maximum atomic E-state index is 12.4. The van der Waals surface area contributed by atoms with Crippen LogP contribution in [-0.4, -0.2) is 11.8 Å². The van der Waals surface area contributed by atoms with Gasteiger partial charge in [0.1, 0.15) is 5.41 Å². The van der Waals surface area contributed by atoms with Gasteiger partial charge in [-0.1, -0.05) is 24.3 Å². The Kier molecular flexibility index (Phi) is 2.40. The van der Waals surface area contributed by atoms with Crippen molar-refractivity contribution in [3.8, 4) is 0 Å². The first kappa shape index (κ1) is 12.4. The van der Waals surface area contributed by atoms with Crippen molar-refractivity contribution in [3.05, 3.63) is 24.3 Å². The van der Waals surface area contributed by atoms with Gasteiger partial charge in [-0.25, -0.2) is 11.7 Å². The van der Waals surface area contributed by atoms with Gasteiger partial charge in [0.2, 0.25) is 0 Å². The number of nitrogens with two attached hydrogens (primary N) is 2. The zero-order valence-corrected chi connectivity index (χ0v) is 10.6. The van der Waals surface area contributed by atoms with Crippen LogP contribution in [0.1, 0.15) is 25.7 Å². The maximum Gasteiger partial charge on any atom is 0.250 e. The molecule has 2 amide bonds. The standard InChI is InChI=1S/C13H18N4O2/c14-16-9(18)13(10(19)17-15)11-5-1-2-6-12(11,13)8-4-3-7-11/h1-4H,5-8,14-15H2,(H,16,18)(H,17,19). The fourth-order valence-corrected chi connectivity index (χ4v) is 4.73. The average Bonchev–Trinajstić information content (AvgIpc) is 3.05. The Labute approximate surface area is 111 Å². The molecule has 0 unspecified atom stereocenters. The molecule has 0 saturated heterocycles. The van der Waals surface area contributed by atoms with Gasteiger partial charge in [0.25, 0.3) is 11.8 Å². The second-order valence-corrected chi connectivity index (χ2v) is 5.62. The molecule has 0 aromatic heterocycles. The van der Waals surface area contributed by atoms with Crippen molar-refractivity contribution in [2.75, 3.05) is 0 Å². The summed E-state index contributed by atoms with van der Waals surface area (Å²) in [5.74, 6) is 9.81. The van der Waals surface area contributed by atoms with E-state index in [2.05, 4.69) is 10.9 Å². The third kappa shape index (κ3) is 1.02. The molecule has 0 spiro atoms. The zero-order valence-electron chi connectivity index (χ0n) is 10.6. The molecule has 0 aromatic rings. The van der Waals surface area contributed by atoms with E-state index < -0.39 is 17.2 Å². The minimum atomic E-state index is -1.16. The van der Waals surface area contributed by atoms with Gasteiger partial charge in [-0.3, -0.25) is 20.4 Å².